The Kier molecular flexibility index (Phi) is 22.1. The summed E-state index contributed by atoms with van der Waals surface area (Å²) >= 11 is 0. The number of carboxylic acids is 1. The van der Waals surface area contributed by atoms with Gasteiger partial charge in [-0.15, -0.1) is 0 Å². The predicted octanol–water partition coefficient (Wildman–Crippen LogP) is 9.08. The molecule has 7 heteroatoms. The zero-order valence-electron chi connectivity index (χ0n) is 23.7. The monoisotopic (exact) mass is 530 g/mol. The highest BCUT2D eigenvalue weighted by molar-refractivity contribution is 6.84. The highest BCUT2D eigenvalue weighted by Crippen LogP contribution is 2.26. The van der Waals surface area contributed by atoms with E-state index in [4.69, 9.17) is 14.0 Å². The molecule has 0 bridgehead atoms. The zero-order chi connectivity index (χ0) is 26.3. The Balaban J connectivity index is 3.63. The number of ether oxygens (including phenoxy) is 1. The Morgan fingerprint density at radius 1 is 0.600 bits per heavy atom. The van der Waals surface area contributed by atoms with Crippen LogP contribution in [-0.4, -0.2) is 40.8 Å². The molecule has 208 valence electrons. The van der Waals surface area contributed by atoms with Crippen LogP contribution in [0.3, 0.4) is 0 Å². The van der Waals surface area contributed by atoms with Crippen LogP contribution in [0.4, 0.5) is 0 Å². The summed E-state index contributed by atoms with van der Waals surface area (Å²) in [5, 5.41) is 8.65. The van der Waals surface area contributed by atoms with E-state index in [1.807, 2.05) is 0 Å². The van der Waals surface area contributed by atoms with Crippen molar-refractivity contribution in [3.63, 3.8) is 0 Å². The summed E-state index contributed by atoms with van der Waals surface area (Å²) in [6.45, 7) is 10.8. The Hall–Kier alpha value is -0.666. The summed E-state index contributed by atoms with van der Waals surface area (Å²) in [6, 6.07) is 2.59. The Bertz CT molecular complexity index is 512. The van der Waals surface area contributed by atoms with Crippen molar-refractivity contribution in [1.82, 2.24) is 0 Å². The van der Waals surface area contributed by atoms with Crippen LogP contribution in [0.15, 0.2) is 0 Å². The fraction of sp³-hybridized carbons (Fsp3) is 0.929. The topological polar surface area (TPSA) is 72.8 Å². The van der Waals surface area contributed by atoms with Crippen LogP contribution in [0, 0.1) is 0 Å². The quantitative estimate of drug-likeness (QED) is 0.0651. The van der Waals surface area contributed by atoms with Crippen molar-refractivity contribution in [2.24, 2.45) is 0 Å². The van der Waals surface area contributed by atoms with Crippen molar-refractivity contribution in [3.8, 4) is 0 Å². The first kappa shape index (κ1) is 34.3. The van der Waals surface area contributed by atoms with Crippen LogP contribution in [0.1, 0.15) is 122 Å². The van der Waals surface area contributed by atoms with Gasteiger partial charge in [0.2, 0.25) is 0 Å². The van der Waals surface area contributed by atoms with Gasteiger partial charge in [0.15, 0.2) is 16.6 Å². The highest BCUT2D eigenvalue weighted by Gasteiger charge is 2.32. The molecule has 5 nitrogen and oxygen atoms in total. The summed E-state index contributed by atoms with van der Waals surface area (Å²) in [7, 11) is -3.11. The van der Waals surface area contributed by atoms with Gasteiger partial charge in [-0.05, 0) is 51.1 Å². The second-order valence-electron chi connectivity index (χ2n) is 11.6. The van der Waals surface area contributed by atoms with E-state index in [9.17, 15) is 9.59 Å². The van der Waals surface area contributed by atoms with E-state index in [2.05, 4.69) is 26.2 Å². The van der Waals surface area contributed by atoms with Gasteiger partial charge in [-0.3, -0.25) is 9.59 Å². The number of aliphatic carboxylic acids is 1. The number of carbonyl (C=O) groups excluding carboxylic acids is 1. The molecule has 1 N–H and O–H groups in total. The molecule has 0 aromatic heterocycles. The lowest BCUT2D eigenvalue weighted by Crippen LogP contribution is -2.44. The van der Waals surface area contributed by atoms with Crippen LogP contribution < -0.4 is 0 Å². The second kappa shape index (κ2) is 22.5. The van der Waals surface area contributed by atoms with Crippen molar-refractivity contribution in [1.29, 1.82) is 0 Å². The van der Waals surface area contributed by atoms with Gasteiger partial charge in [0.05, 0.1) is 6.61 Å². The molecule has 0 saturated heterocycles. The zero-order valence-corrected chi connectivity index (χ0v) is 25.7. The fourth-order valence-corrected chi connectivity index (χ4v) is 13.9. The Morgan fingerprint density at radius 2 is 0.943 bits per heavy atom. The molecule has 0 heterocycles. The third-order valence-electron chi connectivity index (χ3n) is 6.83. The van der Waals surface area contributed by atoms with E-state index in [0.29, 0.717) is 19.5 Å². The molecule has 0 aliphatic rings. The lowest BCUT2D eigenvalue weighted by atomic mass is 10.1. The van der Waals surface area contributed by atoms with Crippen molar-refractivity contribution in [2.75, 3.05) is 6.61 Å². The van der Waals surface area contributed by atoms with E-state index in [-0.39, 0.29) is 0 Å². The first-order valence-corrected chi connectivity index (χ1v) is 20.9. The maximum atomic E-state index is 10.5. The van der Waals surface area contributed by atoms with Gasteiger partial charge in [-0.1, -0.05) is 103 Å². The number of carboxylic acid groups (broad SMARTS) is 1. The molecule has 0 aliphatic heterocycles. The van der Waals surface area contributed by atoms with Gasteiger partial charge in [0, 0.05) is 6.42 Å². The number of rotatable bonds is 27. The number of unbranched alkanes of at least 4 members (excludes halogenated alkanes) is 16. The molecule has 0 rings (SSSR count). The minimum atomic E-state index is -1.56. The molecule has 0 saturated carbocycles. The lowest BCUT2D eigenvalue weighted by Gasteiger charge is -2.34. The average Bonchev–Trinajstić information content (AvgIpc) is 2.77. The largest absolute Gasteiger partial charge is 0.481 e. The first-order chi connectivity index (χ1) is 16.7. The van der Waals surface area contributed by atoms with Crippen LogP contribution in [-0.2, 0) is 18.4 Å². The van der Waals surface area contributed by atoms with Crippen LogP contribution in [0.5, 0.6) is 0 Å². The van der Waals surface area contributed by atoms with Gasteiger partial charge in [-0.2, -0.15) is 0 Å². The molecule has 0 aliphatic carbocycles. The molecule has 0 spiro atoms. The molecule has 0 unspecified atom stereocenters. The molecule has 0 aromatic carbocycles. The van der Waals surface area contributed by atoms with Crippen LogP contribution in [0.25, 0.3) is 0 Å². The van der Waals surface area contributed by atoms with Gasteiger partial charge in [-0.25, -0.2) is 0 Å². The molecular weight excluding hydrogens is 472 g/mol. The summed E-state index contributed by atoms with van der Waals surface area (Å²) in [6.07, 6.45) is 22.6. The maximum absolute atomic E-state index is 10.5. The summed E-state index contributed by atoms with van der Waals surface area (Å²) in [4.78, 5) is 20.6. The molecule has 0 fully saturated rings. The minimum Gasteiger partial charge on any atom is -0.481 e. The Morgan fingerprint density at radius 3 is 1.31 bits per heavy atom. The van der Waals surface area contributed by atoms with E-state index in [1.54, 1.807) is 0 Å². The Labute approximate surface area is 219 Å². The molecular formula is C28H58O5Si2. The second-order valence-corrected chi connectivity index (χ2v) is 20.5. The molecule has 0 aromatic rings. The van der Waals surface area contributed by atoms with E-state index < -0.39 is 22.6 Å². The summed E-state index contributed by atoms with van der Waals surface area (Å²) in [5.74, 6) is -0.666. The van der Waals surface area contributed by atoms with Crippen LogP contribution in [0.2, 0.25) is 38.3 Å². The van der Waals surface area contributed by atoms with Gasteiger partial charge >= 0.3 is 5.97 Å². The normalized spacial score (nSPS) is 12.1. The smallest absolute Gasteiger partial charge is 0.303 e. The van der Waals surface area contributed by atoms with E-state index in [1.165, 1.54) is 108 Å². The van der Waals surface area contributed by atoms with E-state index >= 15 is 0 Å². The number of carbonyl (C=O) groups is 2. The third-order valence-corrected chi connectivity index (χ3v) is 14.4. The van der Waals surface area contributed by atoms with Crippen LogP contribution >= 0.6 is 0 Å². The molecule has 0 radical (unpaired) electrons. The predicted molar refractivity (Wildman–Crippen MR) is 153 cm³/mol. The average molecular weight is 531 g/mol. The highest BCUT2D eigenvalue weighted by atomic mass is 28.4. The minimum absolute atomic E-state index is 0.324. The van der Waals surface area contributed by atoms with Gasteiger partial charge in [0.25, 0.3) is 6.47 Å². The number of hydrogen-bond donors (Lipinski definition) is 1. The van der Waals surface area contributed by atoms with Gasteiger partial charge in [0.1, 0.15) is 0 Å². The summed E-state index contributed by atoms with van der Waals surface area (Å²) < 4.78 is 11.5. The van der Waals surface area contributed by atoms with Gasteiger partial charge < -0.3 is 14.0 Å². The molecule has 0 amide bonds. The SMILES string of the molecule is C[Si](C)(CCCCCCCCCCCOC=O)O[Si](C)(C)CCCCCCCCCCCC(=O)O. The number of hydrogen-bond acceptors (Lipinski definition) is 4. The molecule has 0 atom stereocenters. The van der Waals surface area contributed by atoms with Crippen molar-refractivity contribution in [3.05, 3.63) is 0 Å². The lowest BCUT2D eigenvalue weighted by molar-refractivity contribution is -0.137. The standard InChI is InChI=1S/C28H58O5Si2/c1-34(2,25-21-17-13-9-5-7-11-15-19-23-28(30)31)33-35(3,4)26-22-18-14-10-6-8-12-16-20-24-32-27-29/h27H,5-26H2,1-4H3,(H,30,31). The molecule has 35 heavy (non-hydrogen) atoms. The first-order valence-electron chi connectivity index (χ1n) is 14.7. The maximum Gasteiger partial charge on any atom is 0.303 e. The van der Waals surface area contributed by atoms with Crippen molar-refractivity contribution < 1.29 is 23.5 Å². The van der Waals surface area contributed by atoms with Crippen molar-refractivity contribution in [2.45, 2.75) is 160 Å². The third kappa shape index (κ3) is 26.2. The fourth-order valence-electron chi connectivity index (χ4n) is 4.94. The van der Waals surface area contributed by atoms with Crippen molar-refractivity contribution >= 4 is 29.1 Å². The summed E-state index contributed by atoms with van der Waals surface area (Å²) in [5.41, 5.74) is 0. The van der Waals surface area contributed by atoms with E-state index in [0.717, 1.165) is 19.3 Å².